The number of unbranched alkanes of at least 4 members (excludes halogenated alkanes) is 6. The third-order valence-electron chi connectivity index (χ3n) is 14.2. The van der Waals surface area contributed by atoms with Gasteiger partial charge in [-0.3, -0.25) is 19.2 Å². The molecular weight excluding hydrogens is 949 g/mol. The SMILES string of the molecule is CCCCc1ccc(C(=O)Nc2cc(CCCC)c(OC(=O)c3ccc(CCCC)cc3)c3c2C(=O)c2c(NC(=O)c4ccc(CCCC)cc4)cc(CCCC)c(OC(=O)c4ccc(CCCC)cc4)c2C3=O)cc1. The highest BCUT2D eigenvalue weighted by Gasteiger charge is 2.42. The molecule has 0 fully saturated rings. The van der Waals surface area contributed by atoms with Gasteiger partial charge in [0.25, 0.3) is 11.8 Å². The number of amides is 2. The van der Waals surface area contributed by atoms with Gasteiger partial charge in [-0.25, -0.2) is 9.59 Å². The lowest BCUT2D eigenvalue weighted by molar-refractivity contribution is 0.0724. The quantitative estimate of drug-likeness (QED) is 0.0403. The number of esters is 2. The van der Waals surface area contributed by atoms with Crippen molar-refractivity contribution in [2.45, 2.75) is 157 Å². The monoisotopic (exact) mass is 1020 g/mol. The lowest BCUT2D eigenvalue weighted by Gasteiger charge is -2.28. The first-order valence-corrected chi connectivity index (χ1v) is 27.8. The minimum absolute atomic E-state index is 0.0296. The lowest BCUT2D eigenvalue weighted by atomic mass is 9.78. The van der Waals surface area contributed by atoms with E-state index in [1.54, 1.807) is 60.7 Å². The Kier molecular flexibility index (Phi) is 20.3. The van der Waals surface area contributed by atoms with Crippen molar-refractivity contribution in [3.8, 4) is 11.5 Å². The van der Waals surface area contributed by atoms with E-state index < -0.39 is 35.3 Å². The highest BCUT2D eigenvalue weighted by molar-refractivity contribution is 6.35. The standard InChI is InChI=1S/C66H74N2O8/c1-7-13-19-43-25-33-47(34-26-43)63(71)67-53-41-51(23-17-11-5)61(75-65(73)49-37-29-45(30-38-49)21-15-9-3)57-55(53)59(69)56-54(68-64(72)48-35-27-44(28-36-48)20-14-8-2)42-52(24-18-12-6)62(58(56)60(57)70)76-66(74)50-39-31-46(32-40-50)22-16-10-4/h25-42H,7-24H2,1-6H3,(H,67,71)(H,68,72). The topological polar surface area (TPSA) is 145 Å². The van der Waals surface area contributed by atoms with Crippen LogP contribution in [0.1, 0.15) is 225 Å². The molecule has 6 aromatic rings. The van der Waals surface area contributed by atoms with E-state index in [9.17, 15) is 19.2 Å². The summed E-state index contributed by atoms with van der Waals surface area (Å²) >= 11 is 0. The number of hydrogen-bond acceptors (Lipinski definition) is 8. The third kappa shape index (κ3) is 13.7. The summed E-state index contributed by atoms with van der Waals surface area (Å²) in [5, 5.41) is 5.98. The number of nitrogens with one attached hydrogen (secondary N) is 2. The zero-order valence-corrected chi connectivity index (χ0v) is 45.4. The zero-order valence-electron chi connectivity index (χ0n) is 45.4. The molecule has 0 spiro atoms. The van der Waals surface area contributed by atoms with Crippen LogP contribution in [-0.2, 0) is 38.5 Å². The molecule has 1 aliphatic carbocycles. The van der Waals surface area contributed by atoms with Crippen molar-refractivity contribution in [3.63, 3.8) is 0 Å². The number of carbonyl (C=O) groups excluding carboxylic acids is 6. The maximum Gasteiger partial charge on any atom is 0.343 e. The summed E-state index contributed by atoms with van der Waals surface area (Å²) in [7, 11) is 0. The molecule has 0 atom stereocenters. The van der Waals surface area contributed by atoms with Crippen molar-refractivity contribution in [3.05, 3.63) is 187 Å². The number of anilines is 2. The molecule has 0 radical (unpaired) electrons. The second-order valence-electron chi connectivity index (χ2n) is 20.1. The number of aryl methyl sites for hydroxylation is 6. The summed E-state index contributed by atoms with van der Waals surface area (Å²) in [5.74, 6) is -4.31. The van der Waals surface area contributed by atoms with Gasteiger partial charge >= 0.3 is 11.9 Å². The Morgan fingerprint density at radius 2 is 0.618 bits per heavy atom. The molecular formula is C66H74N2O8. The second kappa shape index (κ2) is 27.4. The molecule has 396 valence electrons. The van der Waals surface area contributed by atoms with Gasteiger partial charge in [0.1, 0.15) is 11.5 Å². The largest absolute Gasteiger partial charge is 0.422 e. The first-order chi connectivity index (χ1) is 36.9. The fourth-order valence-corrected chi connectivity index (χ4v) is 9.61. The van der Waals surface area contributed by atoms with Gasteiger partial charge in [-0.2, -0.15) is 0 Å². The molecule has 0 heterocycles. The van der Waals surface area contributed by atoms with E-state index in [1.807, 2.05) is 62.4 Å². The number of rotatable bonds is 26. The van der Waals surface area contributed by atoms with E-state index >= 15 is 9.59 Å². The van der Waals surface area contributed by atoms with Crippen molar-refractivity contribution in [2.24, 2.45) is 0 Å². The van der Waals surface area contributed by atoms with Crippen LogP contribution in [0.4, 0.5) is 11.4 Å². The molecule has 7 rings (SSSR count). The summed E-state index contributed by atoms with van der Waals surface area (Å²) in [6.07, 6.45) is 14.8. The molecule has 2 amide bonds. The first kappa shape index (κ1) is 56.3. The van der Waals surface area contributed by atoms with Crippen LogP contribution in [0.15, 0.2) is 109 Å². The number of carbonyl (C=O) groups is 6. The predicted molar refractivity (Wildman–Crippen MR) is 303 cm³/mol. The van der Waals surface area contributed by atoms with E-state index in [0.29, 0.717) is 47.9 Å². The Morgan fingerprint density at radius 3 is 0.908 bits per heavy atom. The molecule has 0 saturated carbocycles. The van der Waals surface area contributed by atoms with E-state index in [4.69, 9.17) is 9.47 Å². The van der Waals surface area contributed by atoms with Crippen molar-refractivity contribution in [1.29, 1.82) is 0 Å². The zero-order chi connectivity index (χ0) is 54.1. The molecule has 1 aliphatic rings. The second-order valence-corrected chi connectivity index (χ2v) is 20.1. The lowest BCUT2D eigenvalue weighted by Crippen LogP contribution is -2.29. The molecule has 0 bridgehead atoms. The van der Waals surface area contributed by atoms with Crippen molar-refractivity contribution in [1.82, 2.24) is 0 Å². The van der Waals surface area contributed by atoms with Gasteiger partial charge in [0.05, 0.1) is 44.8 Å². The minimum atomic E-state index is -0.775. The average molecular weight is 1020 g/mol. The van der Waals surface area contributed by atoms with Crippen molar-refractivity contribution >= 4 is 46.7 Å². The van der Waals surface area contributed by atoms with Crippen molar-refractivity contribution < 1.29 is 38.2 Å². The third-order valence-corrected chi connectivity index (χ3v) is 14.2. The van der Waals surface area contributed by atoms with Gasteiger partial charge in [0.2, 0.25) is 5.78 Å². The number of ether oxygens (including phenoxy) is 2. The smallest absolute Gasteiger partial charge is 0.343 e. The van der Waals surface area contributed by atoms with Crippen LogP contribution < -0.4 is 20.1 Å². The fraction of sp³-hybridized carbons (Fsp3) is 0.364. The highest BCUT2D eigenvalue weighted by atomic mass is 16.5. The summed E-state index contributed by atoms with van der Waals surface area (Å²) < 4.78 is 12.8. The van der Waals surface area contributed by atoms with Crippen molar-refractivity contribution in [2.75, 3.05) is 10.6 Å². The van der Waals surface area contributed by atoms with Gasteiger partial charge < -0.3 is 20.1 Å². The van der Waals surface area contributed by atoms with Gasteiger partial charge in [-0.1, -0.05) is 129 Å². The van der Waals surface area contributed by atoms with Gasteiger partial charge in [-0.05, 0) is 171 Å². The molecule has 0 saturated heterocycles. The van der Waals surface area contributed by atoms with Crippen LogP contribution in [0.3, 0.4) is 0 Å². The maximum atomic E-state index is 16.2. The van der Waals surface area contributed by atoms with Gasteiger partial charge in [-0.15, -0.1) is 0 Å². The predicted octanol–water partition coefficient (Wildman–Crippen LogP) is 15.5. The average Bonchev–Trinajstić information content (AvgIpc) is 3.45. The number of fused-ring (bicyclic) bond motifs is 2. The van der Waals surface area contributed by atoms with Crippen LogP contribution in [0.5, 0.6) is 11.5 Å². The Balaban J connectivity index is 1.45. The van der Waals surface area contributed by atoms with Crippen LogP contribution in [-0.4, -0.2) is 35.3 Å². The van der Waals surface area contributed by atoms with E-state index in [0.717, 1.165) is 112 Å². The first-order valence-electron chi connectivity index (χ1n) is 27.8. The Morgan fingerprint density at radius 1 is 0.355 bits per heavy atom. The fourth-order valence-electron chi connectivity index (χ4n) is 9.61. The molecule has 0 aromatic heterocycles. The molecule has 6 aromatic carbocycles. The normalized spacial score (nSPS) is 11.7. The van der Waals surface area contributed by atoms with Crippen LogP contribution in [0.25, 0.3) is 0 Å². The van der Waals surface area contributed by atoms with Crippen LogP contribution >= 0.6 is 0 Å². The summed E-state index contributed by atoms with van der Waals surface area (Å²) in [5.41, 5.74) is 5.38. The molecule has 76 heavy (non-hydrogen) atoms. The number of hydrogen-bond donors (Lipinski definition) is 2. The van der Waals surface area contributed by atoms with Gasteiger partial charge in [0, 0.05) is 11.1 Å². The minimum Gasteiger partial charge on any atom is -0.422 e. The maximum absolute atomic E-state index is 16.2. The molecule has 0 unspecified atom stereocenters. The Bertz CT molecular complexity index is 2820. The molecule has 10 heteroatoms. The molecule has 2 N–H and O–H groups in total. The van der Waals surface area contributed by atoms with Crippen LogP contribution in [0.2, 0.25) is 0 Å². The summed E-state index contributed by atoms with van der Waals surface area (Å²) in [4.78, 5) is 89.8. The highest BCUT2D eigenvalue weighted by Crippen LogP contribution is 2.47. The Hall–Kier alpha value is -7.46. The molecule has 10 nitrogen and oxygen atoms in total. The molecule has 0 aliphatic heterocycles. The Labute approximate surface area is 449 Å². The van der Waals surface area contributed by atoms with E-state index in [-0.39, 0.29) is 56.3 Å². The summed E-state index contributed by atoms with van der Waals surface area (Å²) in [6.45, 7) is 12.5. The van der Waals surface area contributed by atoms with Gasteiger partial charge in [0.15, 0.2) is 5.78 Å². The summed E-state index contributed by atoms with van der Waals surface area (Å²) in [6, 6.07) is 32.1. The van der Waals surface area contributed by atoms with Crippen LogP contribution in [0, 0.1) is 0 Å². The van der Waals surface area contributed by atoms with E-state index in [2.05, 4.69) is 38.3 Å². The van der Waals surface area contributed by atoms with E-state index in [1.165, 1.54) is 0 Å². The number of ketones is 2. The number of benzene rings is 6.